The lowest BCUT2D eigenvalue weighted by molar-refractivity contribution is 0.526. The zero-order valence-corrected chi connectivity index (χ0v) is 9.95. The van der Waals surface area contributed by atoms with Crippen LogP contribution in [-0.4, -0.2) is 17.1 Å². The number of hydrogen-bond donors (Lipinski definition) is 2. The van der Waals surface area contributed by atoms with Gasteiger partial charge in [-0.15, -0.1) is 11.3 Å². The van der Waals surface area contributed by atoms with Crippen molar-refractivity contribution in [3.8, 4) is 0 Å². The summed E-state index contributed by atoms with van der Waals surface area (Å²) in [5.41, 5.74) is 6.74. The third-order valence-corrected chi connectivity index (χ3v) is 2.94. The number of anilines is 1. The second-order valence-electron chi connectivity index (χ2n) is 4.05. The number of nitrogens with zero attached hydrogens (tertiary/aromatic N) is 1. The van der Waals surface area contributed by atoms with Crippen molar-refractivity contribution in [1.29, 1.82) is 0 Å². The van der Waals surface area contributed by atoms with Crippen LogP contribution in [-0.2, 0) is 6.42 Å². The third kappa shape index (κ3) is 3.27. The molecule has 0 amide bonds. The van der Waals surface area contributed by atoms with Gasteiger partial charge in [-0.05, 0) is 33.2 Å². The average Bonchev–Trinajstić information content (AvgIpc) is 2.51. The molecule has 0 saturated carbocycles. The van der Waals surface area contributed by atoms with Gasteiger partial charge in [0.25, 0.3) is 0 Å². The fourth-order valence-corrected chi connectivity index (χ4v) is 2.21. The minimum Gasteiger partial charge on any atom is -0.357 e. The maximum Gasteiger partial charge on any atom is 0.183 e. The van der Waals surface area contributed by atoms with Crippen molar-refractivity contribution in [2.45, 2.75) is 39.2 Å². The largest absolute Gasteiger partial charge is 0.357 e. The van der Waals surface area contributed by atoms with Gasteiger partial charge in [-0.3, -0.25) is 0 Å². The number of thiazole rings is 1. The zero-order valence-electron chi connectivity index (χ0n) is 9.13. The lowest BCUT2D eigenvalue weighted by Crippen LogP contribution is -2.33. The van der Waals surface area contributed by atoms with E-state index in [0.29, 0.717) is 6.54 Å². The topological polar surface area (TPSA) is 50.9 Å². The molecule has 0 aliphatic rings. The van der Waals surface area contributed by atoms with Crippen LogP contribution in [0.15, 0.2) is 5.38 Å². The summed E-state index contributed by atoms with van der Waals surface area (Å²) in [7, 11) is 0. The molecule has 0 spiro atoms. The predicted molar refractivity (Wildman–Crippen MR) is 62.9 cm³/mol. The minimum atomic E-state index is 0.0393. The normalized spacial score (nSPS) is 11.7. The van der Waals surface area contributed by atoms with Crippen molar-refractivity contribution in [3.63, 3.8) is 0 Å². The van der Waals surface area contributed by atoms with Crippen molar-refractivity contribution >= 4 is 16.5 Å². The lowest BCUT2D eigenvalue weighted by atomic mass is 10.0. The van der Waals surface area contributed by atoms with Gasteiger partial charge < -0.3 is 11.1 Å². The Morgan fingerprint density at radius 1 is 1.57 bits per heavy atom. The van der Waals surface area contributed by atoms with Gasteiger partial charge in [-0.25, -0.2) is 4.98 Å². The highest BCUT2D eigenvalue weighted by atomic mass is 32.1. The molecule has 3 N–H and O–H groups in total. The smallest absolute Gasteiger partial charge is 0.183 e. The summed E-state index contributed by atoms with van der Waals surface area (Å²) in [5.74, 6) is 0. The van der Waals surface area contributed by atoms with E-state index in [1.807, 2.05) is 0 Å². The van der Waals surface area contributed by atoms with Crippen LogP contribution in [0.25, 0.3) is 0 Å². The highest BCUT2D eigenvalue weighted by Crippen LogP contribution is 2.21. The molecule has 0 bridgehead atoms. The second kappa shape index (κ2) is 4.75. The molecule has 3 nitrogen and oxygen atoms in total. The molecule has 1 aromatic heterocycles. The monoisotopic (exact) mass is 213 g/mol. The Morgan fingerprint density at radius 3 is 2.79 bits per heavy atom. The van der Waals surface area contributed by atoms with E-state index in [1.54, 1.807) is 11.3 Å². The molecule has 0 saturated heterocycles. The van der Waals surface area contributed by atoms with Gasteiger partial charge in [0.2, 0.25) is 0 Å². The van der Waals surface area contributed by atoms with Crippen LogP contribution in [0.4, 0.5) is 5.13 Å². The van der Waals surface area contributed by atoms with Crippen LogP contribution < -0.4 is 11.1 Å². The molecule has 0 fully saturated rings. The van der Waals surface area contributed by atoms with E-state index in [1.165, 1.54) is 0 Å². The number of nitrogens with one attached hydrogen (secondary N) is 1. The first-order chi connectivity index (χ1) is 6.57. The van der Waals surface area contributed by atoms with Crippen LogP contribution in [0, 0.1) is 0 Å². The van der Waals surface area contributed by atoms with Crippen molar-refractivity contribution in [3.05, 3.63) is 11.1 Å². The van der Waals surface area contributed by atoms with Crippen LogP contribution in [0.3, 0.4) is 0 Å². The van der Waals surface area contributed by atoms with Gasteiger partial charge in [-0.1, -0.05) is 6.92 Å². The van der Waals surface area contributed by atoms with E-state index in [-0.39, 0.29) is 5.54 Å². The summed E-state index contributed by atoms with van der Waals surface area (Å²) in [5, 5.41) is 6.50. The molecule has 4 heteroatoms. The number of aromatic nitrogens is 1. The third-order valence-electron chi connectivity index (χ3n) is 2.13. The average molecular weight is 213 g/mol. The molecule has 80 valence electrons. The van der Waals surface area contributed by atoms with Gasteiger partial charge in [0.15, 0.2) is 5.13 Å². The van der Waals surface area contributed by atoms with Crippen molar-refractivity contribution < 1.29 is 0 Å². The zero-order chi connectivity index (χ0) is 10.6. The van der Waals surface area contributed by atoms with E-state index in [9.17, 15) is 0 Å². The quantitative estimate of drug-likeness (QED) is 0.788. The minimum absolute atomic E-state index is 0.0393. The summed E-state index contributed by atoms with van der Waals surface area (Å²) in [4.78, 5) is 4.46. The summed E-state index contributed by atoms with van der Waals surface area (Å²) < 4.78 is 0. The molecule has 0 aromatic carbocycles. The molecule has 1 heterocycles. The van der Waals surface area contributed by atoms with Crippen molar-refractivity contribution in [1.82, 2.24) is 4.98 Å². The SMILES string of the molecule is CCc1csc(NC(C)(C)CCN)n1. The molecule has 0 aliphatic heterocycles. The highest BCUT2D eigenvalue weighted by molar-refractivity contribution is 7.13. The molecular weight excluding hydrogens is 194 g/mol. The first kappa shape index (κ1) is 11.5. The molecule has 1 rings (SSSR count). The van der Waals surface area contributed by atoms with Gasteiger partial charge >= 0.3 is 0 Å². The van der Waals surface area contributed by atoms with Crippen molar-refractivity contribution in [2.24, 2.45) is 5.73 Å². The Morgan fingerprint density at radius 2 is 2.29 bits per heavy atom. The summed E-state index contributed by atoms with van der Waals surface area (Å²) in [6, 6.07) is 0. The highest BCUT2D eigenvalue weighted by Gasteiger charge is 2.17. The maximum absolute atomic E-state index is 5.54. The first-order valence-electron chi connectivity index (χ1n) is 5.00. The fourth-order valence-electron chi connectivity index (χ4n) is 1.24. The Labute approximate surface area is 89.7 Å². The Balaban J connectivity index is 2.58. The van der Waals surface area contributed by atoms with Gasteiger partial charge in [0, 0.05) is 10.9 Å². The van der Waals surface area contributed by atoms with Crippen LogP contribution in [0.5, 0.6) is 0 Å². The van der Waals surface area contributed by atoms with Crippen LogP contribution >= 0.6 is 11.3 Å². The lowest BCUT2D eigenvalue weighted by Gasteiger charge is -2.25. The van der Waals surface area contributed by atoms with E-state index < -0.39 is 0 Å². The standard InChI is InChI=1S/C10H19N3S/c1-4-8-7-14-9(12-8)13-10(2,3)5-6-11/h7H,4-6,11H2,1-3H3,(H,12,13). The Hall–Kier alpha value is -0.610. The fraction of sp³-hybridized carbons (Fsp3) is 0.700. The van der Waals surface area contributed by atoms with Gasteiger partial charge in [0.05, 0.1) is 5.69 Å². The molecule has 0 unspecified atom stereocenters. The number of nitrogens with two attached hydrogens (primary N) is 1. The summed E-state index contributed by atoms with van der Waals surface area (Å²) in [6.45, 7) is 7.11. The Kier molecular flexibility index (Phi) is 3.89. The molecule has 0 aliphatic carbocycles. The summed E-state index contributed by atoms with van der Waals surface area (Å²) in [6.07, 6.45) is 1.95. The number of aryl methyl sites for hydroxylation is 1. The predicted octanol–water partition coefficient (Wildman–Crippen LogP) is 2.24. The Bertz CT molecular complexity index is 281. The number of hydrogen-bond acceptors (Lipinski definition) is 4. The molecule has 14 heavy (non-hydrogen) atoms. The second-order valence-corrected chi connectivity index (χ2v) is 4.90. The van der Waals surface area contributed by atoms with Crippen LogP contribution in [0.1, 0.15) is 32.9 Å². The molecular formula is C10H19N3S. The summed E-state index contributed by atoms with van der Waals surface area (Å²) >= 11 is 1.66. The van der Waals surface area contributed by atoms with Gasteiger partial charge in [0.1, 0.15) is 0 Å². The van der Waals surface area contributed by atoms with Gasteiger partial charge in [-0.2, -0.15) is 0 Å². The molecule has 0 radical (unpaired) electrons. The van der Waals surface area contributed by atoms with Crippen molar-refractivity contribution in [2.75, 3.05) is 11.9 Å². The molecule has 0 atom stereocenters. The van der Waals surface area contributed by atoms with Crippen LogP contribution in [0.2, 0.25) is 0 Å². The van der Waals surface area contributed by atoms with E-state index >= 15 is 0 Å². The maximum atomic E-state index is 5.54. The van der Waals surface area contributed by atoms with E-state index in [4.69, 9.17) is 5.73 Å². The van der Waals surface area contributed by atoms with E-state index in [0.717, 1.165) is 23.7 Å². The van der Waals surface area contributed by atoms with E-state index in [2.05, 4.69) is 36.5 Å². The molecule has 1 aromatic rings. The first-order valence-corrected chi connectivity index (χ1v) is 5.88. The number of rotatable bonds is 5.